The maximum atomic E-state index is 12.1. The van der Waals surface area contributed by atoms with Crippen molar-refractivity contribution in [2.24, 2.45) is 0 Å². The van der Waals surface area contributed by atoms with Crippen LogP contribution in [0.2, 0.25) is 0 Å². The highest BCUT2D eigenvalue weighted by atomic mass is 31.1. The fourth-order valence-corrected chi connectivity index (χ4v) is 6.40. The molecule has 0 fully saturated rings. The number of allylic oxidation sites excluding steroid dienone is 2. The Hall–Kier alpha value is -0.240. The molecule has 0 bridgehead atoms. The van der Waals surface area contributed by atoms with Crippen LogP contribution in [0.25, 0.3) is 0 Å². The number of quaternary nitrogens is 1. The number of hydrogen-bond donors (Lipinski definition) is 0. The van der Waals surface area contributed by atoms with Crippen molar-refractivity contribution in [1.82, 2.24) is 0 Å². The molecule has 0 spiro atoms. The molecule has 0 aromatic carbocycles. The lowest BCUT2D eigenvalue weighted by atomic mass is 9.99. The topological polar surface area (TPSA) is 40.1 Å². The number of unbranched alkanes of at least 4 members (excludes halogenated alkanes) is 17. The highest BCUT2D eigenvalue weighted by Crippen LogP contribution is 2.45. The monoisotopic (exact) mass is 498 g/mol. The molecule has 0 aromatic rings. The van der Waals surface area contributed by atoms with Crippen molar-refractivity contribution in [2.45, 2.75) is 160 Å². The summed E-state index contributed by atoms with van der Waals surface area (Å²) in [4.78, 5) is 12.1. The van der Waals surface area contributed by atoms with Crippen LogP contribution >= 0.6 is 8.03 Å². The molecule has 0 N–H and O–H groups in total. The van der Waals surface area contributed by atoms with Crippen LogP contribution in [0.5, 0.6) is 0 Å². The molecule has 0 aliphatic rings. The van der Waals surface area contributed by atoms with Gasteiger partial charge >= 0.3 is 8.03 Å². The van der Waals surface area contributed by atoms with Crippen LogP contribution in [-0.4, -0.2) is 30.9 Å². The summed E-state index contributed by atoms with van der Waals surface area (Å²) in [7, 11) is 3.68. The van der Waals surface area contributed by atoms with Crippen molar-refractivity contribution in [1.29, 1.82) is 0 Å². The number of rotatable bonds is 25. The predicted molar refractivity (Wildman–Crippen MR) is 150 cm³/mol. The minimum atomic E-state index is -2.42. The van der Waals surface area contributed by atoms with Crippen LogP contribution in [0.1, 0.15) is 155 Å². The van der Waals surface area contributed by atoms with E-state index in [1.165, 1.54) is 109 Å². The van der Waals surface area contributed by atoms with Gasteiger partial charge in [-0.15, -0.1) is 0 Å². The van der Waals surface area contributed by atoms with Crippen molar-refractivity contribution < 1.29 is 13.9 Å². The van der Waals surface area contributed by atoms with E-state index in [0.29, 0.717) is 4.48 Å². The second-order valence-electron chi connectivity index (χ2n) is 11.5. The third-order valence-corrected chi connectivity index (χ3v) is 9.30. The van der Waals surface area contributed by atoms with Gasteiger partial charge in [0.05, 0.1) is 21.1 Å². The van der Waals surface area contributed by atoms with Crippen LogP contribution in [0, 0.1) is 0 Å². The standard InChI is InChI=1S/C30H61NO2P/c1-6-8-9-10-11-12-13-14-15-16-17-18-19-20-21-22-23-24-25-26-27-29-30(28-7-2,34(32)33)31(3,4)5/h17-18H,6-16,19-29H2,1-5H3/q+1/b18-17-. The van der Waals surface area contributed by atoms with Gasteiger partial charge in [-0.2, -0.15) is 0 Å². The zero-order valence-electron chi connectivity index (χ0n) is 23.9. The van der Waals surface area contributed by atoms with E-state index in [9.17, 15) is 9.46 Å². The molecule has 2 atom stereocenters. The van der Waals surface area contributed by atoms with Gasteiger partial charge in [-0.3, -0.25) is 4.48 Å². The van der Waals surface area contributed by atoms with E-state index in [-0.39, 0.29) is 0 Å². The molecule has 202 valence electrons. The van der Waals surface area contributed by atoms with Crippen molar-refractivity contribution in [3.8, 4) is 0 Å². The third kappa shape index (κ3) is 16.4. The summed E-state index contributed by atoms with van der Waals surface area (Å²) in [5, 5.41) is -0.592. The molecule has 0 aromatic heterocycles. The Labute approximate surface area is 215 Å². The van der Waals surface area contributed by atoms with Crippen LogP contribution in [-0.2, 0) is 4.57 Å². The van der Waals surface area contributed by atoms with E-state index in [4.69, 9.17) is 0 Å². The lowest BCUT2D eigenvalue weighted by Crippen LogP contribution is -2.55. The van der Waals surface area contributed by atoms with Gasteiger partial charge in [-0.1, -0.05) is 120 Å². The van der Waals surface area contributed by atoms with Gasteiger partial charge in [0.15, 0.2) is 0 Å². The average Bonchev–Trinajstić information content (AvgIpc) is 2.78. The van der Waals surface area contributed by atoms with Gasteiger partial charge in [-0.05, 0) is 38.5 Å². The van der Waals surface area contributed by atoms with E-state index >= 15 is 0 Å². The first-order chi connectivity index (χ1) is 16.3. The molecule has 0 aliphatic heterocycles. The van der Waals surface area contributed by atoms with E-state index in [2.05, 4.69) is 26.0 Å². The van der Waals surface area contributed by atoms with Gasteiger partial charge in [-0.25, -0.2) is 0 Å². The van der Waals surface area contributed by atoms with Crippen LogP contribution in [0.4, 0.5) is 0 Å². The molecule has 4 heteroatoms. The van der Waals surface area contributed by atoms with Crippen molar-refractivity contribution >= 4 is 8.03 Å². The summed E-state index contributed by atoms with van der Waals surface area (Å²) >= 11 is 0. The first-order valence-corrected chi connectivity index (χ1v) is 16.1. The van der Waals surface area contributed by atoms with E-state index in [0.717, 1.165) is 32.1 Å². The fraction of sp³-hybridized carbons (Fsp3) is 0.933. The van der Waals surface area contributed by atoms with E-state index < -0.39 is 13.3 Å². The summed E-state index contributed by atoms with van der Waals surface area (Å²) in [6, 6.07) is 0. The van der Waals surface area contributed by atoms with Crippen molar-refractivity contribution in [3.05, 3.63) is 12.2 Å². The number of nitrogens with zero attached hydrogens (tertiary/aromatic N) is 1. The molecule has 0 aliphatic carbocycles. The zero-order chi connectivity index (χ0) is 25.5. The van der Waals surface area contributed by atoms with Crippen molar-refractivity contribution in [2.75, 3.05) is 21.1 Å². The maximum Gasteiger partial charge on any atom is 0.376 e. The molecule has 0 rings (SSSR count). The minimum absolute atomic E-state index is 0.521. The van der Waals surface area contributed by atoms with Gasteiger partial charge in [0.1, 0.15) is 0 Å². The molecule has 0 radical (unpaired) electrons. The largest absolute Gasteiger partial charge is 0.590 e. The Bertz CT molecular complexity index is 501. The molecular formula is C30H61NO2P+. The minimum Gasteiger partial charge on any atom is -0.590 e. The Kier molecular flexibility index (Phi) is 21.8. The SMILES string of the molecule is CCCCCCCCCCC/C=C\CCCCCCCCCCC(CCC)([P+](=O)[O-])[N+](C)(C)C. The van der Waals surface area contributed by atoms with Gasteiger partial charge in [0.25, 0.3) is 5.28 Å². The maximum absolute atomic E-state index is 12.1. The molecule has 0 saturated heterocycles. The zero-order valence-corrected chi connectivity index (χ0v) is 24.8. The molecule has 3 nitrogen and oxygen atoms in total. The fourth-order valence-electron chi connectivity index (χ4n) is 5.16. The quantitative estimate of drug-likeness (QED) is 0.0544. The van der Waals surface area contributed by atoms with Crippen LogP contribution in [0.3, 0.4) is 0 Å². The summed E-state index contributed by atoms with van der Waals surface area (Å²) in [5.41, 5.74) is 0. The molecule has 0 heterocycles. The van der Waals surface area contributed by atoms with Gasteiger partial charge in [0.2, 0.25) is 0 Å². The van der Waals surface area contributed by atoms with Gasteiger partial charge in [0, 0.05) is 12.8 Å². The lowest BCUT2D eigenvalue weighted by Gasteiger charge is -2.39. The van der Waals surface area contributed by atoms with E-state index in [1.807, 2.05) is 21.1 Å². The Morgan fingerprint density at radius 2 is 0.971 bits per heavy atom. The Balaban J connectivity index is 3.58. The first-order valence-electron chi connectivity index (χ1n) is 14.9. The second-order valence-corrected chi connectivity index (χ2v) is 12.8. The summed E-state index contributed by atoms with van der Waals surface area (Å²) in [5.74, 6) is 0. The Morgan fingerprint density at radius 1 is 0.588 bits per heavy atom. The second kappa shape index (κ2) is 22.0. The molecular weight excluding hydrogens is 437 g/mol. The summed E-state index contributed by atoms with van der Waals surface area (Å²) in [6.07, 6.45) is 32.6. The van der Waals surface area contributed by atoms with Gasteiger partial charge < -0.3 is 4.89 Å². The highest BCUT2D eigenvalue weighted by Gasteiger charge is 2.53. The Morgan fingerprint density at radius 3 is 1.32 bits per heavy atom. The molecule has 34 heavy (non-hydrogen) atoms. The molecule has 2 unspecified atom stereocenters. The van der Waals surface area contributed by atoms with E-state index in [1.54, 1.807) is 0 Å². The average molecular weight is 499 g/mol. The smallest absolute Gasteiger partial charge is 0.376 e. The van der Waals surface area contributed by atoms with Crippen molar-refractivity contribution in [3.63, 3.8) is 0 Å². The first kappa shape index (κ1) is 33.8. The molecule has 0 saturated carbocycles. The summed E-state index contributed by atoms with van der Waals surface area (Å²) < 4.78 is 12.6. The predicted octanol–water partition coefficient (Wildman–Crippen LogP) is 9.67. The molecule has 0 amide bonds. The van der Waals surface area contributed by atoms with Crippen LogP contribution < -0.4 is 4.89 Å². The number of hydrogen-bond acceptors (Lipinski definition) is 2. The third-order valence-electron chi connectivity index (χ3n) is 7.58. The van der Waals surface area contributed by atoms with Crippen LogP contribution in [0.15, 0.2) is 12.2 Å². The summed E-state index contributed by atoms with van der Waals surface area (Å²) in [6.45, 7) is 4.38. The normalized spacial score (nSPS) is 14.6. The lowest BCUT2D eigenvalue weighted by molar-refractivity contribution is -0.910. The highest BCUT2D eigenvalue weighted by molar-refractivity contribution is 7.38.